The summed E-state index contributed by atoms with van der Waals surface area (Å²) in [4.78, 5) is 45.4. The second kappa shape index (κ2) is 12.3. The number of carboxylic acids is 2. The highest BCUT2D eigenvalue weighted by Gasteiger charge is 2.10. The van der Waals surface area contributed by atoms with Gasteiger partial charge in [-0.25, -0.2) is 9.59 Å². The summed E-state index contributed by atoms with van der Waals surface area (Å²) in [6, 6.07) is 23.1. The van der Waals surface area contributed by atoms with Crippen molar-refractivity contribution in [2.45, 2.75) is 19.6 Å². The van der Waals surface area contributed by atoms with E-state index in [4.69, 9.17) is 19.7 Å². The number of benzene rings is 4. The maximum atomic E-state index is 11.7. The highest BCUT2D eigenvalue weighted by molar-refractivity contribution is 5.88. The number of hydrogen-bond donors (Lipinski definition) is 2. The van der Waals surface area contributed by atoms with Crippen molar-refractivity contribution in [3.05, 3.63) is 129 Å². The van der Waals surface area contributed by atoms with Crippen molar-refractivity contribution in [2.24, 2.45) is 0 Å². The van der Waals surface area contributed by atoms with Crippen LogP contribution in [-0.4, -0.2) is 34.7 Å². The van der Waals surface area contributed by atoms with E-state index in [-0.39, 0.29) is 24.3 Å². The van der Waals surface area contributed by atoms with Crippen LogP contribution in [0.1, 0.15) is 63.7 Å². The second-order valence-corrected chi connectivity index (χ2v) is 8.74. The van der Waals surface area contributed by atoms with Crippen LogP contribution in [-0.2, 0) is 19.6 Å². The molecule has 8 nitrogen and oxygen atoms in total. The molecule has 0 aliphatic carbocycles. The standard InChI is InChI=1S/C31H24O8/c32-16-26-14-22(5-11-28(26)38-18-20-1-7-24(8-2-20)30(34)35)13-23-6-12-29(27(15-23)17-33)39-19-21-3-9-25(10-4-21)31(36)37/h1-12,14-17H,13,18-19H2,(H,34,35)(H,36,37). The zero-order valence-electron chi connectivity index (χ0n) is 20.7. The molecule has 0 atom stereocenters. The van der Waals surface area contributed by atoms with Crippen LogP contribution < -0.4 is 9.47 Å². The first-order valence-corrected chi connectivity index (χ1v) is 11.9. The first-order chi connectivity index (χ1) is 18.9. The van der Waals surface area contributed by atoms with Gasteiger partial charge < -0.3 is 19.7 Å². The van der Waals surface area contributed by atoms with Crippen LogP contribution in [0.25, 0.3) is 0 Å². The lowest BCUT2D eigenvalue weighted by molar-refractivity contribution is 0.0686. The lowest BCUT2D eigenvalue weighted by atomic mass is 10.0. The van der Waals surface area contributed by atoms with Gasteiger partial charge in [-0.3, -0.25) is 9.59 Å². The van der Waals surface area contributed by atoms with Gasteiger partial charge in [0.05, 0.1) is 22.3 Å². The third kappa shape index (κ3) is 6.95. The van der Waals surface area contributed by atoms with E-state index in [0.717, 1.165) is 22.3 Å². The summed E-state index contributed by atoms with van der Waals surface area (Å²) in [7, 11) is 0. The first kappa shape index (κ1) is 26.8. The molecule has 4 aromatic rings. The van der Waals surface area contributed by atoms with E-state index in [1.807, 2.05) is 12.1 Å². The number of aromatic carboxylic acids is 2. The number of carbonyl (C=O) groups excluding carboxylic acids is 2. The third-order valence-electron chi connectivity index (χ3n) is 6.00. The fourth-order valence-corrected chi connectivity index (χ4v) is 3.91. The van der Waals surface area contributed by atoms with E-state index < -0.39 is 11.9 Å². The van der Waals surface area contributed by atoms with Gasteiger partial charge in [0.15, 0.2) is 12.6 Å². The molecule has 0 aliphatic heterocycles. The molecule has 0 amide bonds. The van der Waals surface area contributed by atoms with Gasteiger partial charge in [0.2, 0.25) is 0 Å². The molecule has 0 spiro atoms. The second-order valence-electron chi connectivity index (χ2n) is 8.74. The Morgan fingerprint density at radius 1 is 0.564 bits per heavy atom. The van der Waals surface area contributed by atoms with Crippen LogP contribution in [0.2, 0.25) is 0 Å². The topological polar surface area (TPSA) is 127 Å². The molecule has 0 fully saturated rings. The zero-order valence-corrected chi connectivity index (χ0v) is 20.7. The fourth-order valence-electron chi connectivity index (χ4n) is 3.91. The van der Waals surface area contributed by atoms with E-state index in [0.29, 0.717) is 41.6 Å². The normalized spacial score (nSPS) is 10.5. The molecule has 0 saturated heterocycles. The molecule has 4 rings (SSSR count). The fraction of sp³-hybridized carbons (Fsp3) is 0.0968. The first-order valence-electron chi connectivity index (χ1n) is 11.9. The Hall–Kier alpha value is -5.24. The van der Waals surface area contributed by atoms with Gasteiger partial charge in [0, 0.05) is 0 Å². The molecule has 39 heavy (non-hydrogen) atoms. The molecule has 0 aromatic heterocycles. The van der Waals surface area contributed by atoms with Crippen LogP contribution in [0.5, 0.6) is 11.5 Å². The summed E-state index contributed by atoms with van der Waals surface area (Å²) in [5.74, 6) is -1.20. The van der Waals surface area contributed by atoms with Crippen LogP contribution in [0, 0.1) is 0 Å². The van der Waals surface area contributed by atoms with Gasteiger partial charge in [-0.15, -0.1) is 0 Å². The van der Waals surface area contributed by atoms with Crippen molar-refractivity contribution < 1.29 is 38.9 Å². The van der Waals surface area contributed by atoms with Gasteiger partial charge in [0.1, 0.15) is 24.7 Å². The smallest absolute Gasteiger partial charge is 0.335 e. The minimum Gasteiger partial charge on any atom is -0.488 e. The summed E-state index contributed by atoms with van der Waals surface area (Å²) >= 11 is 0. The van der Waals surface area contributed by atoms with Gasteiger partial charge >= 0.3 is 11.9 Å². The molecule has 2 N–H and O–H groups in total. The van der Waals surface area contributed by atoms with Crippen LogP contribution in [0.3, 0.4) is 0 Å². The number of hydrogen-bond acceptors (Lipinski definition) is 6. The minimum absolute atomic E-state index is 0.175. The highest BCUT2D eigenvalue weighted by atomic mass is 16.5. The lowest BCUT2D eigenvalue weighted by Crippen LogP contribution is -2.02. The molecular weight excluding hydrogens is 500 g/mol. The van der Waals surface area contributed by atoms with Crippen molar-refractivity contribution in [3.63, 3.8) is 0 Å². The molecule has 0 heterocycles. The Balaban J connectivity index is 1.40. The largest absolute Gasteiger partial charge is 0.488 e. The summed E-state index contributed by atoms with van der Waals surface area (Å²) in [6.07, 6.45) is 1.89. The molecule has 4 aromatic carbocycles. The van der Waals surface area contributed by atoms with Crippen molar-refractivity contribution in [1.29, 1.82) is 0 Å². The Labute approximate surface area is 224 Å². The van der Waals surface area contributed by atoms with Crippen molar-refractivity contribution in [2.75, 3.05) is 0 Å². The Morgan fingerprint density at radius 3 is 1.26 bits per heavy atom. The Kier molecular flexibility index (Phi) is 8.48. The van der Waals surface area contributed by atoms with Crippen molar-refractivity contribution in [3.8, 4) is 11.5 Å². The zero-order chi connectivity index (χ0) is 27.8. The molecule has 0 aliphatic rings. The number of carbonyl (C=O) groups is 4. The van der Waals surface area contributed by atoms with Crippen molar-refractivity contribution in [1.82, 2.24) is 0 Å². The van der Waals surface area contributed by atoms with Crippen LogP contribution >= 0.6 is 0 Å². The average molecular weight is 525 g/mol. The molecule has 0 saturated carbocycles. The number of ether oxygens (including phenoxy) is 2. The molecule has 0 bridgehead atoms. The van der Waals surface area contributed by atoms with Gasteiger partial charge in [-0.1, -0.05) is 36.4 Å². The quantitative estimate of drug-likeness (QED) is 0.234. The molecule has 0 unspecified atom stereocenters. The SMILES string of the molecule is O=Cc1cc(Cc2ccc(OCc3ccc(C(=O)O)cc3)c(C=O)c2)ccc1OCc1ccc(C(=O)O)cc1. The Bertz CT molecular complexity index is 1390. The van der Waals surface area contributed by atoms with Crippen LogP contribution in [0.4, 0.5) is 0 Å². The predicted molar refractivity (Wildman–Crippen MR) is 142 cm³/mol. The highest BCUT2D eigenvalue weighted by Crippen LogP contribution is 2.25. The maximum absolute atomic E-state index is 11.7. The molecule has 196 valence electrons. The summed E-state index contributed by atoms with van der Waals surface area (Å²) < 4.78 is 11.6. The van der Waals surface area contributed by atoms with E-state index in [9.17, 15) is 19.2 Å². The van der Waals surface area contributed by atoms with E-state index in [1.165, 1.54) is 24.3 Å². The summed E-state index contributed by atoms with van der Waals surface area (Å²) in [5, 5.41) is 18.0. The minimum atomic E-state index is -1.01. The third-order valence-corrected chi connectivity index (χ3v) is 6.00. The van der Waals surface area contributed by atoms with E-state index in [2.05, 4.69) is 0 Å². The number of carboxylic acid groups (broad SMARTS) is 2. The van der Waals surface area contributed by atoms with Gasteiger partial charge in [-0.05, 0) is 77.2 Å². The van der Waals surface area contributed by atoms with Crippen molar-refractivity contribution >= 4 is 24.5 Å². The monoisotopic (exact) mass is 524 g/mol. The van der Waals surface area contributed by atoms with E-state index in [1.54, 1.807) is 48.5 Å². The predicted octanol–water partition coefficient (Wildman–Crippen LogP) is 5.46. The van der Waals surface area contributed by atoms with Gasteiger partial charge in [-0.2, -0.15) is 0 Å². The summed E-state index contributed by atoms with van der Waals surface area (Å²) in [5.41, 5.74) is 4.34. The van der Waals surface area contributed by atoms with Gasteiger partial charge in [0.25, 0.3) is 0 Å². The number of aldehydes is 2. The lowest BCUT2D eigenvalue weighted by Gasteiger charge is -2.12. The average Bonchev–Trinajstić information content (AvgIpc) is 2.96. The van der Waals surface area contributed by atoms with E-state index >= 15 is 0 Å². The molecule has 8 heteroatoms. The maximum Gasteiger partial charge on any atom is 0.335 e. The molecular formula is C31H24O8. The van der Waals surface area contributed by atoms with Crippen LogP contribution in [0.15, 0.2) is 84.9 Å². The molecule has 0 radical (unpaired) electrons. The number of rotatable bonds is 12. The summed E-state index contributed by atoms with van der Waals surface area (Å²) in [6.45, 7) is 0.349. The Morgan fingerprint density at radius 2 is 0.923 bits per heavy atom.